The van der Waals surface area contributed by atoms with E-state index in [1.165, 1.54) is 12.1 Å². The molecule has 4 rings (SSSR count). The van der Waals surface area contributed by atoms with Gasteiger partial charge in [-0.15, -0.1) is 0 Å². The number of piperazine rings is 1. The van der Waals surface area contributed by atoms with Crippen molar-refractivity contribution in [3.8, 4) is 0 Å². The van der Waals surface area contributed by atoms with Crippen LogP contribution in [0.25, 0.3) is 10.9 Å². The highest BCUT2D eigenvalue weighted by Gasteiger charge is 2.21. The summed E-state index contributed by atoms with van der Waals surface area (Å²) in [6.45, 7) is 6.08. The van der Waals surface area contributed by atoms with Crippen molar-refractivity contribution in [2.24, 2.45) is 0 Å². The molecule has 1 atom stereocenters. The van der Waals surface area contributed by atoms with Crippen LogP contribution in [0.3, 0.4) is 0 Å². The molecule has 0 aliphatic carbocycles. The van der Waals surface area contributed by atoms with Gasteiger partial charge in [0.1, 0.15) is 5.82 Å². The van der Waals surface area contributed by atoms with E-state index in [-0.39, 0.29) is 5.82 Å². The van der Waals surface area contributed by atoms with Crippen molar-refractivity contribution in [2.75, 3.05) is 25.4 Å². The van der Waals surface area contributed by atoms with E-state index in [1.54, 1.807) is 6.20 Å². The molecule has 4 nitrogen and oxygen atoms in total. The summed E-state index contributed by atoms with van der Waals surface area (Å²) in [5.41, 5.74) is 10.2. The van der Waals surface area contributed by atoms with Crippen LogP contribution < -0.4 is 5.73 Å². The Morgan fingerprint density at radius 1 is 1.17 bits per heavy atom. The summed E-state index contributed by atoms with van der Waals surface area (Å²) < 4.78 is 13.1. The van der Waals surface area contributed by atoms with Crippen molar-refractivity contribution >= 4 is 16.6 Å². The molecule has 0 radical (unpaired) electrons. The lowest BCUT2D eigenvalue weighted by Gasteiger charge is -2.39. The molecule has 150 valence electrons. The zero-order valence-electron chi connectivity index (χ0n) is 16.8. The number of aromatic nitrogens is 1. The van der Waals surface area contributed by atoms with Crippen LogP contribution in [0.4, 0.5) is 10.1 Å². The number of hydrogen-bond acceptors (Lipinski definition) is 4. The molecule has 0 unspecified atom stereocenters. The number of nitrogens with zero attached hydrogens (tertiary/aromatic N) is 3. The SMILES string of the molecule is C[C@@H]1CN(Cc2ccc(F)cc2)CCN1/C=C/Cc1cc2cccnc2cc1N. The number of pyridine rings is 1. The van der Waals surface area contributed by atoms with Gasteiger partial charge in [0.25, 0.3) is 0 Å². The highest BCUT2D eigenvalue weighted by molar-refractivity contribution is 5.83. The quantitative estimate of drug-likeness (QED) is 0.663. The Labute approximate surface area is 171 Å². The van der Waals surface area contributed by atoms with Crippen LogP contribution in [0.5, 0.6) is 0 Å². The summed E-state index contributed by atoms with van der Waals surface area (Å²) in [7, 11) is 0. The number of hydrogen-bond donors (Lipinski definition) is 1. The van der Waals surface area contributed by atoms with Crippen LogP contribution >= 0.6 is 0 Å². The Morgan fingerprint density at radius 2 is 2.00 bits per heavy atom. The Morgan fingerprint density at radius 3 is 2.79 bits per heavy atom. The molecule has 1 aliphatic heterocycles. The van der Waals surface area contributed by atoms with Crippen molar-refractivity contribution in [1.82, 2.24) is 14.8 Å². The molecule has 1 aromatic heterocycles. The third-order valence-corrected chi connectivity index (χ3v) is 5.58. The van der Waals surface area contributed by atoms with Gasteiger partial charge in [0.2, 0.25) is 0 Å². The zero-order chi connectivity index (χ0) is 20.2. The zero-order valence-corrected chi connectivity index (χ0v) is 16.8. The van der Waals surface area contributed by atoms with E-state index in [2.05, 4.69) is 46.1 Å². The molecule has 1 aliphatic rings. The summed E-state index contributed by atoms with van der Waals surface area (Å²) in [5, 5.41) is 1.12. The Kier molecular flexibility index (Phi) is 5.76. The number of fused-ring (bicyclic) bond motifs is 1. The first-order valence-corrected chi connectivity index (χ1v) is 10.1. The second kappa shape index (κ2) is 8.62. The van der Waals surface area contributed by atoms with Crippen LogP contribution in [0, 0.1) is 5.82 Å². The van der Waals surface area contributed by atoms with Gasteiger partial charge in [-0.05, 0) is 61.0 Å². The summed E-state index contributed by atoms with van der Waals surface area (Å²) in [5.74, 6) is -0.180. The minimum absolute atomic E-state index is 0.180. The van der Waals surface area contributed by atoms with Crippen LogP contribution in [-0.2, 0) is 13.0 Å². The van der Waals surface area contributed by atoms with E-state index in [1.807, 2.05) is 24.3 Å². The van der Waals surface area contributed by atoms with Crippen LogP contribution in [0.1, 0.15) is 18.1 Å². The molecule has 0 saturated carbocycles. The van der Waals surface area contributed by atoms with Gasteiger partial charge < -0.3 is 10.6 Å². The number of allylic oxidation sites excluding steroid dienone is 1. The second-order valence-corrected chi connectivity index (χ2v) is 7.78. The first-order valence-electron chi connectivity index (χ1n) is 10.1. The fourth-order valence-electron chi connectivity index (χ4n) is 3.94. The predicted molar refractivity (Wildman–Crippen MR) is 117 cm³/mol. The molecule has 0 amide bonds. The van der Waals surface area contributed by atoms with Gasteiger partial charge in [-0.25, -0.2) is 4.39 Å². The number of nitrogens with two attached hydrogens (primary N) is 1. The molecule has 1 fully saturated rings. The molecule has 0 spiro atoms. The third kappa shape index (κ3) is 4.74. The van der Waals surface area contributed by atoms with Gasteiger partial charge >= 0.3 is 0 Å². The second-order valence-electron chi connectivity index (χ2n) is 7.78. The lowest BCUT2D eigenvalue weighted by molar-refractivity contribution is 0.115. The van der Waals surface area contributed by atoms with E-state index >= 15 is 0 Å². The Bertz CT molecular complexity index is 999. The molecule has 1 saturated heterocycles. The molecule has 0 bridgehead atoms. The first-order chi connectivity index (χ1) is 14.1. The van der Waals surface area contributed by atoms with E-state index < -0.39 is 0 Å². The van der Waals surface area contributed by atoms with E-state index in [0.29, 0.717) is 6.04 Å². The van der Waals surface area contributed by atoms with Gasteiger partial charge in [-0.1, -0.05) is 24.3 Å². The van der Waals surface area contributed by atoms with Gasteiger partial charge in [0, 0.05) is 49.5 Å². The highest BCUT2D eigenvalue weighted by Crippen LogP contribution is 2.21. The Hall–Kier alpha value is -2.92. The molecular formula is C24H27FN4. The molecule has 29 heavy (non-hydrogen) atoms. The first kappa shape index (κ1) is 19.4. The fraction of sp³-hybridized carbons (Fsp3) is 0.292. The smallest absolute Gasteiger partial charge is 0.123 e. The maximum Gasteiger partial charge on any atom is 0.123 e. The van der Waals surface area contributed by atoms with Crippen LogP contribution in [0.15, 0.2) is 67.0 Å². The lowest BCUT2D eigenvalue weighted by atomic mass is 10.1. The maximum absolute atomic E-state index is 13.1. The van der Waals surface area contributed by atoms with E-state index in [4.69, 9.17) is 5.73 Å². The van der Waals surface area contributed by atoms with Crippen molar-refractivity contribution in [1.29, 1.82) is 0 Å². The minimum atomic E-state index is -0.180. The van der Waals surface area contributed by atoms with E-state index in [9.17, 15) is 4.39 Å². The molecule has 5 heteroatoms. The standard InChI is InChI=1S/C24H27FN4/c1-18-16-28(17-19-6-8-22(25)9-7-19)12-13-29(18)11-3-5-20-14-21-4-2-10-27-24(21)15-23(20)26/h2-4,6-11,14-15,18H,5,12-13,16-17,26H2,1H3/b11-3+/t18-/m1/s1. The predicted octanol–water partition coefficient (Wildman–Crippen LogP) is 4.22. The lowest BCUT2D eigenvalue weighted by Crippen LogP contribution is -2.49. The number of anilines is 1. The molecule has 2 aromatic carbocycles. The molecule has 2 N–H and O–H groups in total. The van der Waals surface area contributed by atoms with Gasteiger partial charge in [-0.3, -0.25) is 9.88 Å². The Balaban J connectivity index is 1.34. The third-order valence-electron chi connectivity index (χ3n) is 5.58. The topological polar surface area (TPSA) is 45.4 Å². The number of nitrogen functional groups attached to an aromatic ring is 1. The van der Waals surface area contributed by atoms with Crippen LogP contribution in [-0.4, -0.2) is 40.5 Å². The largest absolute Gasteiger partial charge is 0.398 e. The van der Waals surface area contributed by atoms with Crippen molar-refractivity contribution < 1.29 is 4.39 Å². The average Bonchev–Trinajstić information content (AvgIpc) is 2.71. The van der Waals surface area contributed by atoms with Gasteiger partial charge in [-0.2, -0.15) is 0 Å². The summed E-state index contributed by atoms with van der Waals surface area (Å²) in [4.78, 5) is 9.17. The van der Waals surface area contributed by atoms with E-state index in [0.717, 1.165) is 60.3 Å². The average molecular weight is 391 g/mol. The van der Waals surface area contributed by atoms with Crippen molar-refractivity contribution in [3.63, 3.8) is 0 Å². The summed E-state index contributed by atoms with van der Waals surface area (Å²) in [6.07, 6.45) is 6.99. The molecular weight excluding hydrogens is 363 g/mol. The summed E-state index contributed by atoms with van der Waals surface area (Å²) in [6, 6.07) is 15.3. The highest BCUT2D eigenvalue weighted by atomic mass is 19.1. The van der Waals surface area contributed by atoms with Gasteiger partial charge in [0.05, 0.1) is 5.52 Å². The monoisotopic (exact) mass is 390 g/mol. The number of benzene rings is 2. The number of halogens is 1. The van der Waals surface area contributed by atoms with Crippen LogP contribution in [0.2, 0.25) is 0 Å². The fourth-order valence-corrected chi connectivity index (χ4v) is 3.94. The molecule has 3 aromatic rings. The molecule has 2 heterocycles. The number of rotatable bonds is 5. The minimum Gasteiger partial charge on any atom is -0.398 e. The van der Waals surface area contributed by atoms with Gasteiger partial charge in [0.15, 0.2) is 0 Å². The van der Waals surface area contributed by atoms with Crippen molar-refractivity contribution in [2.45, 2.75) is 25.9 Å². The van der Waals surface area contributed by atoms with Crippen molar-refractivity contribution in [3.05, 3.63) is 83.9 Å². The summed E-state index contributed by atoms with van der Waals surface area (Å²) >= 11 is 0. The normalized spacial score (nSPS) is 18.0. The maximum atomic E-state index is 13.1.